The molecule has 0 saturated heterocycles. The van der Waals surface area contributed by atoms with Crippen molar-refractivity contribution in [2.75, 3.05) is 20.1 Å². The number of aliphatic hydroxyl groups is 1. The van der Waals surface area contributed by atoms with Crippen LogP contribution in [0.25, 0.3) is 10.9 Å². The second-order valence-corrected chi connectivity index (χ2v) is 6.50. The Bertz CT molecular complexity index is 653. The summed E-state index contributed by atoms with van der Waals surface area (Å²) in [6.07, 6.45) is 5.34. The van der Waals surface area contributed by atoms with Gasteiger partial charge in [-0.1, -0.05) is 25.1 Å². The van der Waals surface area contributed by atoms with Crippen LogP contribution < -0.4 is 0 Å². The number of hydrogen-bond acceptors (Lipinski definition) is 3. The molecule has 1 unspecified atom stereocenters. The fraction of sp³-hybridized carbons (Fsp3) is 0.526. The highest BCUT2D eigenvalue weighted by Crippen LogP contribution is 2.28. The number of likely N-dealkylation sites (N-methyl/N-ethyl adjacent to an activating group) is 1. The number of benzene rings is 1. The molecule has 1 aliphatic carbocycles. The Kier molecular flexibility index (Phi) is 4.74. The zero-order valence-electron chi connectivity index (χ0n) is 13.7. The van der Waals surface area contributed by atoms with E-state index in [-0.39, 0.29) is 0 Å². The van der Waals surface area contributed by atoms with Crippen molar-refractivity contribution in [1.82, 2.24) is 9.88 Å². The number of aliphatic hydroxyl groups excluding tert-OH is 1. The van der Waals surface area contributed by atoms with Crippen molar-refractivity contribution in [2.24, 2.45) is 0 Å². The van der Waals surface area contributed by atoms with Crippen LogP contribution in [0.2, 0.25) is 0 Å². The zero-order chi connectivity index (χ0) is 15.5. The van der Waals surface area contributed by atoms with Crippen LogP contribution in [-0.2, 0) is 12.8 Å². The Balaban J connectivity index is 1.95. The molecule has 3 nitrogen and oxygen atoms in total. The van der Waals surface area contributed by atoms with E-state index in [0.29, 0.717) is 6.54 Å². The molecule has 0 spiro atoms. The lowest BCUT2D eigenvalue weighted by molar-refractivity contribution is 0.128. The molecule has 0 saturated carbocycles. The minimum absolute atomic E-state index is 0.477. The normalized spacial score (nSPS) is 16.0. The number of fused-ring (bicyclic) bond motifs is 2. The van der Waals surface area contributed by atoms with E-state index in [2.05, 4.69) is 31.0 Å². The van der Waals surface area contributed by atoms with Gasteiger partial charge in [0, 0.05) is 23.2 Å². The Morgan fingerprint density at radius 2 is 2.09 bits per heavy atom. The third-order valence-electron chi connectivity index (χ3n) is 4.60. The van der Waals surface area contributed by atoms with E-state index in [1.54, 1.807) is 0 Å². The molecule has 0 aliphatic heterocycles. The summed E-state index contributed by atoms with van der Waals surface area (Å²) in [7, 11) is 2.06. The highest BCUT2D eigenvalue weighted by atomic mass is 16.3. The first-order valence-electron chi connectivity index (χ1n) is 8.47. The molecule has 0 amide bonds. The summed E-state index contributed by atoms with van der Waals surface area (Å²) in [6, 6.07) is 8.46. The number of pyridine rings is 1. The molecule has 1 N–H and O–H groups in total. The minimum atomic E-state index is -0.477. The molecule has 3 heteroatoms. The Morgan fingerprint density at radius 3 is 2.91 bits per heavy atom. The van der Waals surface area contributed by atoms with Crippen LogP contribution in [0.15, 0.2) is 24.3 Å². The van der Waals surface area contributed by atoms with Crippen LogP contribution >= 0.6 is 0 Å². The molecule has 2 aromatic rings. The maximum atomic E-state index is 10.6. The molecule has 3 rings (SSSR count). The molecule has 1 heterocycles. The van der Waals surface area contributed by atoms with E-state index in [4.69, 9.17) is 4.98 Å². The highest BCUT2D eigenvalue weighted by Gasteiger charge is 2.17. The van der Waals surface area contributed by atoms with Crippen LogP contribution in [0.4, 0.5) is 0 Å². The number of aryl methyl sites for hydroxylation is 2. The Labute approximate surface area is 133 Å². The van der Waals surface area contributed by atoms with Gasteiger partial charge >= 0.3 is 0 Å². The largest absolute Gasteiger partial charge is 0.387 e. The van der Waals surface area contributed by atoms with Crippen molar-refractivity contribution in [3.63, 3.8) is 0 Å². The van der Waals surface area contributed by atoms with Gasteiger partial charge in [-0.25, -0.2) is 0 Å². The van der Waals surface area contributed by atoms with Gasteiger partial charge in [-0.15, -0.1) is 0 Å². The second kappa shape index (κ2) is 6.76. The van der Waals surface area contributed by atoms with Gasteiger partial charge in [0.25, 0.3) is 0 Å². The van der Waals surface area contributed by atoms with Crippen molar-refractivity contribution in [3.8, 4) is 0 Å². The molecular weight excluding hydrogens is 272 g/mol. The fourth-order valence-electron chi connectivity index (χ4n) is 3.48. The lowest BCUT2D eigenvalue weighted by atomic mass is 9.93. The van der Waals surface area contributed by atoms with Gasteiger partial charge in [0.05, 0.1) is 11.6 Å². The number of nitrogens with zero attached hydrogens (tertiary/aromatic N) is 2. The summed E-state index contributed by atoms with van der Waals surface area (Å²) in [5.74, 6) is 0. The van der Waals surface area contributed by atoms with Crippen LogP contribution in [0.5, 0.6) is 0 Å². The third kappa shape index (κ3) is 3.16. The van der Waals surface area contributed by atoms with Crippen LogP contribution in [0.1, 0.15) is 49.1 Å². The van der Waals surface area contributed by atoms with Gasteiger partial charge in [-0.05, 0) is 57.3 Å². The standard InChI is InChI=1S/C19H26N2O/c1-3-11-21(2)13-18(22)16-9-6-8-15-12-14-7-4-5-10-17(14)20-19(15)16/h6,8-9,12,18,22H,3-5,7,10-11,13H2,1-2H3. The van der Waals surface area contributed by atoms with E-state index in [9.17, 15) is 5.11 Å². The topological polar surface area (TPSA) is 36.4 Å². The molecular formula is C19H26N2O. The summed E-state index contributed by atoms with van der Waals surface area (Å²) < 4.78 is 0. The summed E-state index contributed by atoms with van der Waals surface area (Å²) in [4.78, 5) is 7.09. The molecule has 1 aliphatic rings. The zero-order valence-corrected chi connectivity index (χ0v) is 13.7. The molecule has 1 aromatic heterocycles. The number of para-hydroxylation sites is 1. The molecule has 22 heavy (non-hydrogen) atoms. The predicted molar refractivity (Wildman–Crippen MR) is 91.1 cm³/mol. The first kappa shape index (κ1) is 15.4. The van der Waals surface area contributed by atoms with E-state index in [1.165, 1.54) is 24.1 Å². The molecule has 0 fully saturated rings. The van der Waals surface area contributed by atoms with Crippen LogP contribution in [0, 0.1) is 0 Å². The summed E-state index contributed by atoms with van der Waals surface area (Å²) in [6.45, 7) is 3.82. The molecule has 1 aromatic carbocycles. The van der Waals surface area contributed by atoms with Crippen molar-refractivity contribution in [3.05, 3.63) is 41.1 Å². The van der Waals surface area contributed by atoms with Crippen molar-refractivity contribution in [1.29, 1.82) is 0 Å². The Morgan fingerprint density at radius 1 is 1.27 bits per heavy atom. The molecule has 0 bridgehead atoms. The highest BCUT2D eigenvalue weighted by molar-refractivity contribution is 5.83. The van der Waals surface area contributed by atoms with Gasteiger partial charge in [0.1, 0.15) is 0 Å². The summed E-state index contributed by atoms with van der Waals surface area (Å²) in [5.41, 5.74) is 4.59. The molecule has 118 valence electrons. The van der Waals surface area contributed by atoms with E-state index < -0.39 is 6.10 Å². The number of aromatic nitrogens is 1. The van der Waals surface area contributed by atoms with Gasteiger partial charge < -0.3 is 10.0 Å². The summed E-state index contributed by atoms with van der Waals surface area (Å²) in [5, 5.41) is 11.8. The first-order valence-corrected chi connectivity index (χ1v) is 8.47. The van der Waals surface area contributed by atoms with Crippen molar-refractivity contribution in [2.45, 2.75) is 45.1 Å². The second-order valence-electron chi connectivity index (χ2n) is 6.50. The van der Waals surface area contributed by atoms with Gasteiger partial charge in [0.2, 0.25) is 0 Å². The Hall–Kier alpha value is -1.45. The van der Waals surface area contributed by atoms with Crippen molar-refractivity contribution < 1.29 is 5.11 Å². The minimum Gasteiger partial charge on any atom is -0.387 e. The van der Waals surface area contributed by atoms with Crippen LogP contribution in [0.3, 0.4) is 0 Å². The number of rotatable bonds is 5. The fourth-order valence-corrected chi connectivity index (χ4v) is 3.48. The quantitative estimate of drug-likeness (QED) is 0.918. The third-order valence-corrected chi connectivity index (χ3v) is 4.60. The number of hydrogen-bond donors (Lipinski definition) is 1. The van der Waals surface area contributed by atoms with E-state index >= 15 is 0 Å². The monoisotopic (exact) mass is 298 g/mol. The molecule has 1 atom stereocenters. The lowest BCUT2D eigenvalue weighted by Gasteiger charge is -2.22. The van der Waals surface area contributed by atoms with Gasteiger partial charge in [-0.3, -0.25) is 4.98 Å². The summed E-state index contributed by atoms with van der Waals surface area (Å²) >= 11 is 0. The van der Waals surface area contributed by atoms with E-state index in [1.807, 2.05) is 12.1 Å². The maximum Gasteiger partial charge on any atom is 0.0937 e. The average Bonchev–Trinajstić information content (AvgIpc) is 2.52. The maximum absolute atomic E-state index is 10.6. The SMILES string of the molecule is CCCN(C)CC(O)c1cccc2cc3c(nc12)CCCC3. The smallest absolute Gasteiger partial charge is 0.0937 e. The average molecular weight is 298 g/mol. The van der Waals surface area contributed by atoms with Crippen LogP contribution in [-0.4, -0.2) is 35.1 Å². The van der Waals surface area contributed by atoms with E-state index in [0.717, 1.165) is 42.3 Å². The van der Waals surface area contributed by atoms with Crippen molar-refractivity contribution >= 4 is 10.9 Å². The predicted octanol–water partition coefficient (Wildman–Crippen LogP) is 3.49. The first-order chi connectivity index (χ1) is 10.7. The lowest BCUT2D eigenvalue weighted by Crippen LogP contribution is -2.25. The molecule has 0 radical (unpaired) electrons. The van der Waals surface area contributed by atoms with Gasteiger partial charge in [0.15, 0.2) is 0 Å². The van der Waals surface area contributed by atoms with Gasteiger partial charge in [-0.2, -0.15) is 0 Å².